The first-order valence-corrected chi connectivity index (χ1v) is 4.74. The average molecular weight is 256 g/mol. The van der Waals surface area contributed by atoms with Crippen LogP contribution in [0.1, 0.15) is 10.4 Å². The fraction of sp³-hybridized carbons (Fsp3) is 0.200. The SMILES string of the molecule is CN(CC(=O)O)C(=O)c1ccc(F)c([N+](=O)[O-])c1. The van der Waals surface area contributed by atoms with E-state index in [-0.39, 0.29) is 5.56 Å². The fourth-order valence-corrected chi connectivity index (χ4v) is 1.28. The van der Waals surface area contributed by atoms with E-state index in [0.717, 1.165) is 23.1 Å². The number of nitro groups is 1. The molecule has 0 aliphatic heterocycles. The van der Waals surface area contributed by atoms with E-state index in [9.17, 15) is 24.1 Å². The standard InChI is InChI=1S/C10H9FN2O5/c1-12(5-9(14)15)10(16)6-2-3-7(11)8(4-6)13(17)18/h2-4H,5H2,1H3,(H,14,15). The van der Waals surface area contributed by atoms with Crippen molar-refractivity contribution >= 4 is 17.6 Å². The van der Waals surface area contributed by atoms with E-state index in [0.29, 0.717) is 0 Å². The van der Waals surface area contributed by atoms with Crippen LogP contribution in [-0.4, -0.2) is 40.4 Å². The molecule has 1 amide bonds. The predicted molar refractivity (Wildman–Crippen MR) is 57.7 cm³/mol. The summed E-state index contributed by atoms with van der Waals surface area (Å²) in [6, 6.07) is 2.62. The molecule has 0 saturated carbocycles. The van der Waals surface area contributed by atoms with Gasteiger partial charge in [0.2, 0.25) is 5.82 Å². The second-order valence-electron chi connectivity index (χ2n) is 3.48. The second-order valence-corrected chi connectivity index (χ2v) is 3.48. The molecule has 0 unspecified atom stereocenters. The molecule has 1 rings (SSSR count). The molecule has 7 nitrogen and oxygen atoms in total. The molecule has 1 aromatic carbocycles. The number of hydrogen-bond acceptors (Lipinski definition) is 4. The van der Waals surface area contributed by atoms with Crippen LogP contribution in [0.5, 0.6) is 0 Å². The van der Waals surface area contributed by atoms with Crippen molar-refractivity contribution in [2.24, 2.45) is 0 Å². The zero-order valence-electron chi connectivity index (χ0n) is 9.29. The van der Waals surface area contributed by atoms with Crippen LogP contribution >= 0.6 is 0 Å². The summed E-state index contributed by atoms with van der Waals surface area (Å²) in [5.74, 6) is -3.01. The van der Waals surface area contributed by atoms with Crippen LogP contribution in [-0.2, 0) is 4.79 Å². The number of hydrogen-bond donors (Lipinski definition) is 1. The van der Waals surface area contributed by atoms with Crippen LogP contribution in [0.2, 0.25) is 0 Å². The molecule has 1 N–H and O–H groups in total. The van der Waals surface area contributed by atoms with E-state index in [1.165, 1.54) is 7.05 Å². The highest BCUT2D eigenvalue weighted by atomic mass is 19.1. The van der Waals surface area contributed by atoms with Gasteiger partial charge in [-0.05, 0) is 12.1 Å². The van der Waals surface area contributed by atoms with Crippen molar-refractivity contribution in [2.75, 3.05) is 13.6 Å². The molecule has 0 spiro atoms. The topological polar surface area (TPSA) is 101 Å². The number of carboxylic acids is 1. The molecular weight excluding hydrogens is 247 g/mol. The summed E-state index contributed by atoms with van der Waals surface area (Å²) in [6.07, 6.45) is 0. The van der Waals surface area contributed by atoms with Gasteiger partial charge in [0.25, 0.3) is 5.91 Å². The van der Waals surface area contributed by atoms with Crippen LogP contribution in [0.3, 0.4) is 0 Å². The van der Waals surface area contributed by atoms with Crippen molar-refractivity contribution in [3.8, 4) is 0 Å². The number of rotatable bonds is 4. The molecule has 0 aromatic heterocycles. The Morgan fingerprint density at radius 1 is 1.50 bits per heavy atom. The van der Waals surface area contributed by atoms with Gasteiger partial charge in [-0.3, -0.25) is 19.7 Å². The number of carbonyl (C=O) groups is 2. The highest BCUT2D eigenvalue weighted by molar-refractivity contribution is 5.96. The first-order valence-electron chi connectivity index (χ1n) is 4.74. The van der Waals surface area contributed by atoms with Crippen LogP contribution < -0.4 is 0 Å². The molecule has 0 saturated heterocycles. The van der Waals surface area contributed by atoms with Crippen molar-refractivity contribution in [3.63, 3.8) is 0 Å². The lowest BCUT2D eigenvalue weighted by Gasteiger charge is -2.14. The average Bonchev–Trinajstić information content (AvgIpc) is 2.27. The van der Waals surface area contributed by atoms with E-state index in [2.05, 4.69) is 0 Å². The van der Waals surface area contributed by atoms with E-state index in [4.69, 9.17) is 5.11 Å². The van der Waals surface area contributed by atoms with Crippen LogP contribution in [0.4, 0.5) is 10.1 Å². The van der Waals surface area contributed by atoms with Crippen molar-refractivity contribution in [1.82, 2.24) is 4.90 Å². The number of carbonyl (C=O) groups excluding carboxylic acids is 1. The lowest BCUT2D eigenvalue weighted by Crippen LogP contribution is -2.31. The zero-order chi connectivity index (χ0) is 13.9. The lowest BCUT2D eigenvalue weighted by atomic mass is 10.1. The molecule has 0 fully saturated rings. The molecule has 0 atom stereocenters. The Kier molecular flexibility index (Phi) is 3.93. The first-order chi connectivity index (χ1) is 8.32. The molecule has 8 heteroatoms. The summed E-state index contributed by atoms with van der Waals surface area (Å²) in [7, 11) is 1.23. The summed E-state index contributed by atoms with van der Waals surface area (Å²) >= 11 is 0. The number of nitrogens with zero attached hydrogens (tertiary/aromatic N) is 2. The summed E-state index contributed by atoms with van der Waals surface area (Å²) in [5, 5.41) is 19.0. The number of likely N-dealkylation sites (N-methyl/N-ethyl adjacent to an activating group) is 1. The van der Waals surface area contributed by atoms with E-state index in [1.54, 1.807) is 0 Å². The van der Waals surface area contributed by atoms with E-state index < -0.39 is 34.8 Å². The van der Waals surface area contributed by atoms with Crippen molar-refractivity contribution < 1.29 is 24.0 Å². The van der Waals surface area contributed by atoms with Crippen LogP contribution in [0, 0.1) is 15.9 Å². The monoisotopic (exact) mass is 256 g/mol. The predicted octanol–water partition coefficient (Wildman–Crippen LogP) is 0.890. The molecule has 0 radical (unpaired) electrons. The van der Waals surface area contributed by atoms with Gasteiger partial charge in [-0.15, -0.1) is 0 Å². The van der Waals surface area contributed by atoms with Crippen LogP contribution in [0.15, 0.2) is 18.2 Å². The minimum atomic E-state index is -1.22. The zero-order valence-corrected chi connectivity index (χ0v) is 9.29. The van der Waals surface area contributed by atoms with Gasteiger partial charge >= 0.3 is 11.7 Å². The second kappa shape index (κ2) is 5.21. The molecule has 0 aliphatic carbocycles. The number of benzene rings is 1. The van der Waals surface area contributed by atoms with Gasteiger partial charge in [-0.25, -0.2) is 0 Å². The third-order valence-electron chi connectivity index (χ3n) is 2.11. The summed E-state index contributed by atoms with van der Waals surface area (Å²) in [4.78, 5) is 32.5. The van der Waals surface area contributed by atoms with Gasteiger partial charge in [0.05, 0.1) is 4.92 Å². The van der Waals surface area contributed by atoms with Crippen molar-refractivity contribution in [2.45, 2.75) is 0 Å². The largest absolute Gasteiger partial charge is 0.480 e. The Labute approximate surface area is 101 Å². The van der Waals surface area contributed by atoms with Gasteiger partial charge in [-0.2, -0.15) is 4.39 Å². The Balaban J connectivity index is 3.03. The van der Waals surface area contributed by atoms with Crippen LogP contribution in [0.25, 0.3) is 0 Å². The van der Waals surface area contributed by atoms with Gasteiger partial charge in [0.15, 0.2) is 0 Å². The fourth-order valence-electron chi connectivity index (χ4n) is 1.28. The number of nitro benzene ring substituents is 1. The summed E-state index contributed by atoms with van der Waals surface area (Å²) in [6.45, 7) is -0.552. The van der Waals surface area contributed by atoms with Gasteiger partial charge in [0.1, 0.15) is 6.54 Å². The molecular formula is C10H9FN2O5. The highest BCUT2D eigenvalue weighted by Crippen LogP contribution is 2.19. The highest BCUT2D eigenvalue weighted by Gasteiger charge is 2.20. The minimum absolute atomic E-state index is 0.146. The number of amides is 1. The molecule has 0 bridgehead atoms. The number of aliphatic carboxylic acids is 1. The Morgan fingerprint density at radius 3 is 2.61 bits per heavy atom. The van der Waals surface area contributed by atoms with Gasteiger partial charge in [-0.1, -0.05) is 0 Å². The smallest absolute Gasteiger partial charge is 0.323 e. The molecule has 18 heavy (non-hydrogen) atoms. The number of halogens is 1. The third-order valence-corrected chi connectivity index (χ3v) is 2.11. The first kappa shape index (κ1) is 13.6. The normalized spacial score (nSPS) is 9.89. The quantitative estimate of drug-likeness (QED) is 0.636. The Hall–Kier alpha value is -2.51. The maximum Gasteiger partial charge on any atom is 0.323 e. The lowest BCUT2D eigenvalue weighted by molar-refractivity contribution is -0.387. The Morgan fingerprint density at radius 2 is 2.11 bits per heavy atom. The number of carboxylic acid groups (broad SMARTS) is 1. The van der Waals surface area contributed by atoms with Crippen molar-refractivity contribution in [1.29, 1.82) is 0 Å². The van der Waals surface area contributed by atoms with Gasteiger partial charge in [0, 0.05) is 18.7 Å². The Bertz CT molecular complexity index is 517. The van der Waals surface area contributed by atoms with Crippen molar-refractivity contribution in [3.05, 3.63) is 39.7 Å². The van der Waals surface area contributed by atoms with E-state index in [1.807, 2.05) is 0 Å². The summed E-state index contributed by atoms with van der Waals surface area (Å²) in [5.41, 5.74) is -0.976. The maximum absolute atomic E-state index is 13.0. The third kappa shape index (κ3) is 3.00. The molecule has 1 aromatic rings. The molecule has 0 aliphatic rings. The molecule has 96 valence electrons. The summed E-state index contributed by atoms with van der Waals surface area (Å²) < 4.78 is 13.0. The molecule has 0 heterocycles. The maximum atomic E-state index is 13.0. The van der Waals surface area contributed by atoms with E-state index >= 15 is 0 Å². The minimum Gasteiger partial charge on any atom is -0.480 e. The van der Waals surface area contributed by atoms with Gasteiger partial charge < -0.3 is 10.0 Å².